The molecule has 0 atom stereocenters. The van der Waals surface area contributed by atoms with Crippen molar-refractivity contribution in [1.82, 2.24) is 0 Å². The molecule has 0 saturated heterocycles. The van der Waals surface area contributed by atoms with E-state index >= 15 is 0 Å². The van der Waals surface area contributed by atoms with E-state index in [4.69, 9.17) is 16.3 Å². The van der Waals surface area contributed by atoms with Gasteiger partial charge in [-0.05, 0) is 28.1 Å². The molecule has 0 aliphatic rings. The van der Waals surface area contributed by atoms with Gasteiger partial charge >= 0.3 is 10.2 Å². The lowest BCUT2D eigenvalue weighted by Gasteiger charge is -2.05. The van der Waals surface area contributed by atoms with E-state index in [9.17, 15) is 12.3 Å². The Hall–Kier alpha value is -0.330. The van der Waals surface area contributed by atoms with Crippen molar-refractivity contribution in [3.8, 4) is 5.75 Å². The van der Waals surface area contributed by atoms with Gasteiger partial charge in [-0.2, -0.15) is 8.42 Å². The van der Waals surface area contributed by atoms with Crippen molar-refractivity contribution in [2.24, 2.45) is 0 Å². The maximum Gasteiger partial charge on any atom is 0.333 e. The Morgan fingerprint density at radius 3 is 2.50 bits per heavy atom. The molecule has 0 amide bonds. The molecule has 78 valence electrons. The topological polar surface area (TPSA) is 43.4 Å². The summed E-state index contributed by atoms with van der Waals surface area (Å²) in [4.78, 5) is -0.511. The molecule has 0 N–H and O–H groups in total. The predicted molar refractivity (Wildman–Crippen MR) is 54.0 cm³/mol. The van der Waals surface area contributed by atoms with Crippen molar-refractivity contribution < 1.29 is 17.0 Å². The molecule has 0 spiro atoms. The number of hydrogen-bond acceptors (Lipinski definition) is 3. The minimum absolute atomic E-state index is 0.0342. The Bertz CT molecular complexity index is 460. The average molecular weight is 304 g/mol. The Morgan fingerprint density at radius 1 is 1.50 bits per heavy atom. The van der Waals surface area contributed by atoms with Gasteiger partial charge in [0.05, 0.1) is 12.1 Å². The smallest absolute Gasteiger partial charge is 0.333 e. The van der Waals surface area contributed by atoms with E-state index in [0.29, 0.717) is 0 Å². The summed E-state index contributed by atoms with van der Waals surface area (Å²) in [7, 11) is -3.40. The lowest BCUT2D eigenvalue weighted by Crippen LogP contribution is -1.95. The second-order valence-electron chi connectivity index (χ2n) is 2.36. The third-order valence-electron chi connectivity index (χ3n) is 1.47. The van der Waals surface area contributed by atoms with E-state index in [0.717, 1.165) is 6.07 Å². The van der Waals surface area contributed by atoms with Crippen molar-refractivity contribution in [1.29, 1.82) is 0 Å². The summed E-state index contributed by atoms with van der Waals surface area (Å²) < 4.78 is 38.7. The molecule has 0 heterocycles. The zero-order chi connectivity index (χ0) is 10.9. The number of halogens is 3. The highest BCUT2D eigenvalue weighted by Crippen LogP contribution is 2.34. The number of hydrogen-bond donors (Lipinski definition) is 0. The van der Waals surface area contributed by atoms with Gasteiger partial charge in [-0.1, -0.05) is 11.6 Å². The third-order valence-corrected chi connectivity index (χ3v) is 3.55. The first-order valence-corrected chi connectivity index (χ1v) is 5.89. The highest BCUT2D eigenvalue weighted by atomic mass is 79.9. The van der Waals surface area contributed by atoms with Crippen LogP contribution in [0.3, 0.4) is 0 Å². The molecule has 0 aliphatic carbocycles. The Balaban J connectivity index is 3.44. The normalized spacial score (nSPS) is 11.4. The van der Waals surface area contributed by atoms with Crippen LogP contribution in [0.1, 0.15) is 0 Å². The summed E-state index contributed by atoms with van der Waals surface area (Å²) in [5.41, 5.74) is 0. The zero-order valence-corrected chi connectivity index (χ0v) is 10.1. The van der Waals surface area contributed by atoms with Gasteiger partial charge in [0.15, 0.2) is 0 Å². The van der Waals surface area contributed by atoms with Crippen molar-refractivity contribution in [2.75, 3.05) is 7.11 Å². The second-order valence-corrected chi connectivity index (χ2v) is 4.93. The first kappa shape index (κ1) is 11.7. The SMILES string of the molecule is COc1cc(Br)c(S(=O)(=O)F)cc1Cl. The molecule has 1 aromatic rings. The second kappa shape index (κ2) is 4.04. The largest absolute Gasteiger partial charge is 0.495 e. The number of ether oxygens (including phenoxy) is 1. The molecule has 14 heavy (non-hydrogen) atoms. The summed E-state index contributed by atoms with van der Waals surface area (Å²) >= 11 is 8.53. The lowest BCUT2D eigenvalue weighted by atomic mass is 10.3. The molecular weight excluding hydrogens is 298 g/mol. The van der Waals surface area contributed by atoms with Gasteiger partial charge < -0.3 is 4.74 Å². The van der Waals surface area contributed by atoms with Crippen LogP contribution in [0.15, 0.2) is 21.5 Å². The lowest BCUT2D eigenvalue weighted by molar-refractivity contribution is 0.414. The van der Waals surface area contributed by atoms with Gasteiger partial charge in [-0.15, -0.1) is 3.89 Å². The standard InChI is InChI=1S/C7H5BrClFO3S/c1-13-6-2-4(8)7(3-5(6)9)14(10,11)12/h2-3H,1H3. The Kier molecular flexibility index (Phi) is 3.39. The summed E-state index contributed by atoms with van der Waals surface area (Å²) in [5.74, 6) is 0.269. The molecule has 0 saturated carbocycles. The van der Waals surface area contributed by atoms with Gasteiger partial charge in [0, 0.05) is 4.47 Å². The van der Waals surface area contributed by atoms with Crippen molar-refractivity contribution in [2.45, 2.75) is 4.90 Å². The summed E-state index contributed by atoms with van der Waals surface area (Å²) in [6.07, 6.45) is 0. The third kappa shape index (κ3) is 2.37. The maximum atomic E-state index is 12.6. The molecule has 0 aromatic heterocycles. The molecule has 7 heteroatoms. The van der Waals surface area contributed by atoms with E-state index in [2.05, 4.69) is 15.9 Å². The van der Waals surface area contributed by atoms with Crippen LogP contribution in [-0.4, -0.2) is 15.5 Å². The van der Waals surface area contributed by atoms with E-state index in [-0.39, 0.29) is 15.2 Å². The fourth-order valence-corrected chi connectivity index (χ4v) is 2.61. The molecular formula is C7H5BrClFO3S. The summed E-state index contributed by atoms with van der Waals surface area (Å²) in [6, 6.07) is 2.27. The van der Waals surface area contributed by atoms with Crippen LogP contribution in [0.5, 0.6) is 5.75 Å². The van der Waals surface area contributed by atoms with Gasteiger partial charge in [-0.25, -0.2) is 0 Å². The van der Waals surface area contributed by atoms with Crippen LogP contribution in [-0.2, 0) is 10.2 Å². The molecule has 0 unspecified atom stereocenters. The van der Waals surface area contributed by atoms with E-state index in [1.165, 1.54) is 13.2 Å². The Morgan fingerprint density at radius 2 is 2.07 bits per heavy atom. The quantitative estimate of drug-likeness (QED) is 0.789. The molecule has 0 bridgehead atoms. The average Bonchev–Trinajstić information content (AvgIpc) is 2.06. The van der Waals surface area contributed by atoms with Gasteiger partial charge in [-0.3, -0.25) is 0 Å². The predicted octanol–water partition coefficient (Wildman–Crippen LogP) is 2.77. The van der Waals surface area contributed by atoms with E-state index in [1.807, 2.05) is 0 Å². The Labute approximate surface area is 94.2 Å². The van der Waals surface area contributed by atoms with Crippen LogP contribution in [0, 0.1) is 0 Å². The van der Waals surface area contributed by atoms with Gasteiger partial charge in [0.2, 0.25) is 0 Å². The first-order valence-electron chi connectivity index (χ1n) is 3.34. The molecule has 1 rings (SSSR count). The summed E-state index contributed by atoms with van der Waals surface area (Å²) in [5, 5.41) is 0.0342. The maximum absolute atomic E-state index is 12.6. The van der Waals surface area contributed by atoms with E-state index < -0.39 is 15.1 Å². The molecule has 3 nitrogen and oxygen atoms in total. The number of rotatable bonds is 2. The van der Waals surface area contributed by atoms with Crippen molar-refractivity contribution in [3.05, 3.63) is 21.6 Å². The highest BCUT2D eigenvalue weighted by molar-refractivity contribution is 9.10. The zero-order valence-electron chi connectivity index (χ0n) is 6.92. The van der Waals surface area contributed by atoms with Crippen molar-refractivity contribution in [3.63, 3.8) is 0 Å². The first-order chi connectivity index (χ1) is 6.36. The number of benzene rings is 1. The van der Waals surface area contributed by atoms with Crippen molar-refractivity contribution >= 4 is 37.8 Å². The van der Waals surface area contributed by atoms with Gasteiger partial charge in [0.25, 0.3) is 0 Å². The van der Waals surface area contributed by atoms with Crippen LogP contribution >= 0.6 is 27.5 Å². The monoisotopic (exact) mass is 302 g/mol. The number of methoxy groups -OCH3 is 1. The molecule has 0 aliphatic heterocycles. The highest BCUT2D eigenvalue weighted by Gasteiger charge is 2.18. The molecule has 1 aromatic carbocycles. The van der Waals surface area contributed by atoms with Crippen LogP contribution < -0.4 is 4.74 Å². The van der Waals surface area contributed by atoms with Crippen LogP contribution in [0.4, 0.5) is 3.89 Å². The fraction of sp³-hybridized carbons (Fsp3) is 0.143. The molecule has 0 fully saturated rings. The minimum atomic E-state index is -4.77. The van der Waals surface area contributed by atoms with Crippen LogP contribution in [0.2, 0.25) is 5.02 Å². The molecule has 0 radical (unpaired) electrons. The fourth-order valence-electron chi connectivity index (χ4n) is 0.854. The minimum Gasteiger partial charge on any atom is -0.495 e. The summed E-state index contributed by atoms with van der Waals surface area (Å²) in [6.45, 7) is 0. The van der Waals surface area contributed by atoms with E-state index in [1.54, 1.807) is 0 Å². The van der Waals surface area contributed by atoms with Gasteiger partial charge in [0.1, 0.15) is 10.6 Å². The van der Waals surface area contributed by atoms with Crippen LogP contribution in [0.25, 0.3) is 0 Å².